The molecular formula is C11H12N2O3. The maximum Gasteiger partial charge on any atom is 0.303 e. The predicted molar refractivity (Wildman–Crippen MR) is 57.7 cm³/mol. The number of hydrogen-bond donors (Lipinski definition) is 1. The van der Waals surface area contributed by atoms with Gasteiger partial charge in [0.1, 0.15) is 17.1 Å². The third-order valence-corrected chi connectivity index (χ3v) is 2.39. The predicted octanol–water partition coefficient (Wildman–Crippen LogP) is 1.36. The summed E-state index contributed by atoms with van der Waals surface area (Å²) in [7, 11) is 1.60. The van der Waals surface area contributed by atoms with E-state index in [0.717, 1.165) is 17.1 Å². The number of hydrogen-bond acceptors (Lipinski definition) is 3. The van der Waals surface area contributed by atoms with Gasteiger partial charge >= 0.3 is 5.97 Å². The van der Waals surface area contributed by atoms with Crippen LogP contribution >= 0.6 is 0 Å². The number of aromatic nitrogens is 2. The number of carboxylic acids is 1. The van der Waals surface area contributed by atoms with E-state index in [1.165, 1.54) is 0 Å². The van der Waals surface area contributed by atoms with Crippen molar-refractivity contribution in [3.05, 3.63) is 30.4 Å². The molecule has 0 bridgehead atoms. The molecule has 2 rings (SSSR count). The van der Waals surface area contributed by atoms with Crippen LogP contribution in [0.5, 0.6) is 5.75 Å². The lowest BCUT2D eigenvalue weighted by Crippen LogP contribution is -2.01. The number of carboxylic acid groups (broad SMARTS) is 1. The molecule has 0 radical (unpaired) electrons. The first-order chi connectivity index (χ1) is 7.72. The summed E-state index contributed by atoms with van der Waals surface area (Å²) in [5.74, 6) is 0.646. The van der Waals surface area contributed by atoms with Gasteiger partial charge in [0.15, 0.2) is 0 Å². The van der Waals surface area contributed by atoms with Gasteiger partial charge in [-0.25, -0.2) is 4.98 Å². The summed E-state index contributed by atoms with van der Waals surface area (Å²) in [6, 6.07) is 3.69. The van der Waals surface area contributed by atoms with E-state index in [2.05, 4.69) is 4.98 Å². The molecule has 0 aliphatic carbocycles. The Morgan fingerprint density at radius 3 is 3.12 bits per heavy atom. The second-order valence-corrected chi connectivity index (χ2v) is 3.40. The molecule has 0 fully saturated rings. The van der Waals surface area contributed by atoms with Crippen LogP contribution in [-0.4, -0.2) is 27.6 Å². The van der Waals surface area contributed by atoms with Crippen LogP contribution < -0.4 is 4.74 Å². The van der Waals surface area contributed by atoms with Crippen molar-refractivity contribution in [3.8, 4) is 5.75 Å². The van der Waals surface area contributed by atoms with Crippen LogP contribution in [-0.2, 0) is 11.2 Å². The topological polar surface area (TPSA) is 63.8 Å². The summed E-state index contributed by atoms with van der Waals surface area (Å²) in [5.41, 5.74) is 0.852. The van der Waals surface area contributed by atoms with Crippen LogP contribution in [0.25, 0.3) is 5.52 Å². The summed E-state index contributed by atoms with van der Waals surface area (Å²) in [6.07, 6.45) is 4.03. The molecule has 2 aromatic heterocycles. The van der Waals surface area contributed by atoms with E-state index in [1.807, 2.05) is 22.7 Å². The number of imidazole rings is 1. The molecule has 84 valence electrons. The molecule has 16 heavy (non-hydrogen) atoms. The lowest BCUT2D eigenvalue weighted by Gasteiger charge is -2.03. The van der Waals surface area contributed by atoms with Gasteiger partial charge in [0.05, 0.1) is 19.7 Å². The summed E-state index contributed by atoms with van der Waals surface area (Å²) >= 11 is 0. The van der Waals surface area contributed by atoms with Gasteiger partial charge in [-0.05, 0) is 12.1 Å². The minimum atomic E-state index is -0.820. The number of aryl methyl sites for hydroxylation is 1. The molecule has 0 atom stereocenters. The number of pyridine rings is 1. The highest BCUT2D eigenvalue weighted by Crippen LogP contribution is 2.20. The van der Waals surface area contributed by atoms with Gasteiger partial charge in [-0.2, -0.15) is 0 Å². The fraction of sp³-hybridized carbons (Fsp3) is 0.273. The molecule has 0 saturated heterocycles. The van der Waals surface area contributed by atoms with Crippen molar-refractivity contribution in [2.45, 2.75) is 12.8 Å². The Morgan fingerprint density at radius 1 is 1.62 bits per heavy atom. The molecule has 5 nitrogen and oxygen atoms in total. The number of fused-ring (bicyclic) bond motifs is 1. The zero-order chi connectivity index (χ0) is 11.5. The van der Waals surface area contributed by atoms with Crippen LogP contribution in [0.3, 0.4) is 0 Å². The Bertz CT molecular complexity index is 519. The van der Waals surface area contributed by atoms with Gasteiger partial charge < -0.3 is 14.2 Å². The zero-order valence-corrected chi connectivity index (χ0v) is 8.88. The highest BCUT2D eigenvalue weighted by atomic mass is 16.5. The van der Waals surface area contributed by atoms with E-state index in [-0.39, 0.29) is 6.42 Å². The fourth-order valence-corrected chi connectivity index (χ4v) is 1.63. The van der Waals surface area contributed by atoms with Crippen molar-refractivity contribution >= 4 is 11.5 Å². The van der Waals surface area contributed by atoms with Crippen LogP contribution in [0.1, 0.15) is 12.2 Å². The lowest BCUT2D eigenvalue weighted by molar-refractivity contribution is -0.137. The Kier molecular flexibility index (Phi) is 2.76. The van der Waals surface area contributed by atoms with E-state index >= 15 is 0 Å². The quantitative estimate of drug-likeness (QED) is 0.845. The van der Waals surface area contributed by atoms with E-state index < -0.39 is 5.97 Å². The highest BCUT2D eigenvalue weighted by Gasteiger charge is 2.08. The second-order valence-electron chi connectivity index (χ2n) is 3.40. The molecule has 2 heterocycles. The largest absolute Gasteiger partial charge is 0.494 e. The van der Waals surface area contributed by atoms with E-state index in [4.69, 9.17) is 9.84 Å². The van der Waals surface area contributed by atoms with Gasteiger partial charge in [0.2, 0.25) is 0 Å². The zero-order valence-electron chi connectivity index (χ0n) is 8.88. The monoisotopic (exact) mass is 220 g/mol. The van der Waals surface area contributed by atoms with Crippen LogP contribution in [0, 0.1) is 0 Å². The van der Waals surface area contributed by atoms with E-state index in [1.54, 1.807) is 13.3 Å². The van der Waals surface area contributed by atoms with E-state index in [9.17, 15) is 4.79 Å². The highest BCUT2D eigenvalue weighted by molar-refractivity contribution is 5.67. The van der Waals surface area contributed by atoms with Crippen molar-refractivity contribution in [1.29, 1.82) is 0 Å². The fourth-order valence-electron chi connectivity index (χ4n) is 1.63. The molecule has 0 aliphatic heterocycles. The molecule has 1 N–H and O–H groups in total. The number of aliphatic carboxylic acids is 1. The molecule has 0 aromatic carbocycles. The third kappa shape index (κ3) is 1.84. The van der Waals surface area contributed by atoms with Crippen LogP contribution in [0.15, 0.2) is 24.5 Å². The van der Waals surface area contributed by atoms with E-state index in [0.29, 0.717) is 6.42 Å². The van der Waals surface area contributed by atoms with Gasteiger partial charge in [-0.15, -0.1) is 0 Å². The molecule has 0 amide bonds. The normalized spacial score (nSPS) is 10.6. The van der Waals surface area contributed by atoms with Crippen molar-refractivity contribution in [2.24, 2.45) is 0 Å². The summed E-state index contributed by atoms with van der Waals surface area (Å²) < 4.78 is 7.04. The number of carbonyl (C=O) groups is 1. The van der Waals surface area contributed by atoms with Gasteiger partial charge in [0.25, 0.3) is 0 Å². The average Bonchev–Trinajstić information content (AvgIpc) is 2.69. The molecule has 0 spiro atoms. The first kappa shape index (κ1) is 10.5. The molecular weight excluding hydrogens is 208 g/mol. The number of nitrogens with zero attached hydrogens (tertiary/aromatic N) is 2. The Balaban J connectivity index is 2.37. The van der Waals surface area contributed by atoms with Gasteiger partial charge in [-0.3, -0.25) is 4.79 Å². The van der Waals surface area contributed by atoms with Crippen molar-refractivity contribution in [3.63, 3.8) is 0 Å². The standard InChI is InChI=1S/C11H12N2O3/c1-16-9-3-2-6-13-8(9)7-12-10(13)4-5-11(14)15/h2-3,6-7H,4-5H2,1H3,(H,14,15). The summed E-state index contributed by atoms with van der Waals surface area (Å²) in [5, 5.41) is 8.62. The smallest absolute Gasteiger partial charge is 0.303 e. The number of methoxy groups -OCH3 is 1. The number of rotatable bonds is 4. The maximum atomic E-state index is 10.5. The Morgan fingerprint density at radius 2 is 2.44 bits per heavy atom. The first-order valence-corrected chi connectivity index (χ1v) is 4.93. The molecule has 0 unspecified atom stereocenters. The third-order valence-electron chi connectivity index (χ3n) is 2.39. The summed E-state index contributed by atoms with van der Waals surface area (Å²) in [4.78, 5) is 14.7. The van der Waals surface area contributed by atoms with Crippen LogP contribution in [0.4, 0.5) is 0 Å². The van der Waals surface area contributed by atoms with Gasteiger partial charge in [-0.1, -0.05) is 0 Å². The molecule has 0 aliphatic rings. The number of ether oxygens (including phenoxy) is 1. The van der Waals surface area contributed by atoms with Crippen LogP contribution in [0.2, 0.25) is 0 Å². The Hall–Kier alpha value is -2.04. The Labute approximate surface area is 92.3 Å². The second kappa shape index (κ2) is 4.22. The SMILES string of the molecule is COc1cccn2c(CCC(=O)O)ncc12. The van der Waals surface area contributed by atoms with Crippen molar-refractivity contribution < 1.29 is 14.6 Å². The molecule has 5 heteroatoms. The minimum absolute atomic E-state index is 0.0797. The first-order valence-electron chi connectivity index (χ1n) is 4.93. The van der Waals surface area contributed by atoms with Gasteiger partial charge in [0, 0.05) is 12.6 Å². The molecule has 0 saturated carbocycles. The van der Waals surface area contributed by atoms with Crippen molar-refractivity contribution in [2.75, 3.05) is 7.11 Å². The maximum absolute atomic E-state index is 10.5. The minimum Gasteiger partial charge on any atom is -0.494 e. The molecule has 2 aromatic rings. The lowest BCUT2D eigenvalue weighted by atomic mass is 10.3. The summed E-state index contributed by atoms with van der Waals surface area (Å²) in [6.45, 7) is 0. The van der Waals surface area contributed by atoms with Crippen molar-refractivity contribution in [1.82, 2.24) is 9.38 Å². The average molecular weight is 220 g/mol.